The number of nitrogens with one attached hydrogen (secondary N) is 1. The van der Waals surface area contributed by atoms with Crippen LogP contribution in [-0.2, 0) is 11.3 Å². The Bertz CT molecular complexity index is 432. The molecule has 1 aromatic rings. The molecule has 0 amide bonds. The highest BCUT2D eigenvalue weighted by atomic mass is 32.1. The predicted molar refractivity (Wildman–Crippen MR) is 74.5 cm³/mol. The zero-order valence-electron chi connectivity index (χ0n) is 10.9. The minimum atomic E-state index is 0.0795. The zero-order chi connectivity index (χ0) is 13.1. The van der Waals surface area contributed by atoms with Gasteiger partial charge in [-0.25, -0.2) is 4.98 Å². The van der Waals surface area contributed by atoms with Crippen LogP contribution in [0.1, 0.15) is 30.3 Å². The van der Waals surface area contributed by atoms with Gasteiger partial charge >= 0.3 is 0 Å². The molecular formula is C12H20N4OS. The molecule has 0 aromatic carbocycles. The number of thiazole rings is 1. The number of hydrogen-bond acceptors (Lipinski definition) is 5. The maximum atomic E-state index is 7.60. The maximum absolute atomic E-state index is 7.60. The van der Waals surface area contributed by atoms with E-state index >= 15 is 0 Å². The van der Waals surface area contributed by atoms with Crippen LogP contribution in [-0.4, -0.2) is 31.0 Å². The summed E-state index contributed by atoms with van der Waals surface area (Å²) >= 11 is 1.50. The van der Waals surface area contributed by atoms with Crippen molar-refractivity contribution in [1.29, 1.82) is 5.41 Å². The molecule has 6 heteroatoms. The van der Waals surface area contributed by atoms with Crippen LogP contribution in [0, 0.1) is 11.3 Å². The fraction of sp³-hybridized carbons (Fsp3) is 0.667. The van der Waals surface area contributed by atoms with E-state index in [2.05, 4.69) is 16.8 Å². The average molecular weight is 268 g/mol. The van der Waals surface area contributed by atoms with Crippen LogP contribution in [0.2, 0.25) is 0 Å². The second-order valence-corrected chi connectivity index (χ2v) is 5.79. The molecule has 1 unspecified atom stereocenters. The molecule has 0 radical (unpaired) electrons. The lowest BCUT2D eigenvalue weighted by atomic mass is 10.0. The van der Waals surface area contributed by atoms with Crippen molar-refractivity contribution in [1.82, 2.24) is 4.98 Å². The Balaban J connectivity index is 2.22. The Kier molecular flexibility index (Phi) is 4.19. The van der Waals surface area contributed by atoms with Crippen LogP contribution in [0.15, 0.2) is 0 Å². The molecule has 1 aliphatic rings. The summed E-state index contributed by atoms with van der Waals surface area (Å²) in [4.78, 5) is 7.61. The van der Waals surface area contributed by atoms with E-state index in [1.54, 1.807) is 7.11 Å². The second kappa shape index (κ2) is 5.67. The van der Waals surface area contributed by atoms with Crippen molar-refractivity contribution < 1.29 is 4.74 Å². The summed E-state index contributed by atoms with van der Waals surface area (Å²) in [6, 6.07) is 0. The lowest BCUT2D eigenvalue weighted by molar-refractivity contribution is 0.182. The van der Waals surface area contributed by atoms with E-state index in [9.17, 15) is 0 Å². The molecule has 1 aromatic heterocycles. The number of ether oxygens (including phenoxy) is 1. The van der Waals surface area contributed by atoms with E-state index in [4.69, 9.17) is 15.9 Å². The van der Waals surface area contributed by atoms with E-state index in [-0.39, 0.29) is 5.84 Å². The molecule has 5 nitrogen and oxygen atoms in total. The van der Waals surface area contributed by atoms with Crippen molar-refractivity contribution in [2.45, 2.75) is 26.4 Å². The molecule has 2 heterocycles. The fourth-order valence-corrected chi connectivity index (χ4v) is 3.25. The first-order valence-electron chi connectivity index (χ1n) is 6.19. The first-order valence-corrected chi connectivity index (χ1v) is 7.01. The van der Waals surface area contributed by atoms with Gasteiger partial charge in [0.1, 0.15) is 5.84 Å². The quantitative estimate of drug-likeness (QED) is 0.645. The Hall–Kier alpha value is -1.14. The molecule has 100 valence electrons. The van der Waals surface area contributed by atoms with Crippen molar-refractivity contribution in [2.75, 3.05) is 25.1 Å². The van der Waals surface area contributed by atoms with E-state index in [1.165, 1.54) is 24.2 Å². The third kappa shape index (κ3) is 2.81. The van der Waals surface area contributed by atoms with Gasteiger partial charge in [0.2, 0.25) is 0 Å². The lowest BCUT2D eigenvalue weighted by Gasteiger charge is -2.30. The number of anilines is 1. The number of nitrogens with zero attached hydrogens (tertiary/aromatic N) is 2. The molecular weight excluding hydrogens is 248 g/mol. The number of rotatable bonds is 4. The Morgan fingerprint density at radius 2 is 2.44 bits per heavy atom. The van der Waals surface area contributed by atoms with Gasteiger partial charge in [0, 0.05) is 20.2 Å². The fourth-order valence-electron chi connectivity index (χ4n) is 2.28. The van der Waals surface area contributed by atoms with E-state index in [0.29, 0.717) is 12.5 Å². The minimum Gasteiger partial charge on any atom is -0.383 e. The van der Waals surface area contributed by atoms with Gasteiger partial charge in [0.25, 0.3) is 0 Å². The number of piperidine rings is 1. The smallest absolute Gasteiger partial charge is 0.186 e. The van der Waals surface area contributed by atoms with Crippen molar-refractivity contribution >= 4 is 22.3 Å². The third-order valence-corrected chi connectivity index (χ3v) is 4.33. The number of amidine groups is 1. The van der Waals surface area contributed by atoms with Crippen LogP contribution in [0.4, 0.5) is 5.13 Å². The number of methoxy groups -OCH3 is 1. The Morgan fingerprint density at radius 3 is 3.06 bits per heavy atom. The van der Waals surface area contributed by atoms with Crippen LogP contribution in [0.3, 0.4) is 0 Å². The van der Waals surface area contributed by atoms with Crippen LogP contribution in [0.5, 0.6) is 0 Å². The van der Waals surface area contributed by atoms with Gasteiger partial charge in [0.05, 0.1) is 17.2 Å². The molecule has 0 saturated carbocycles. The first kappa shape index (κ1) is 13.3. The maximum Gasteiger partial charge on any atom is 0.186 e. The molecule has 18 heavy (non-hydrogen) atoms. The zero-order valence-corrected chi connectivity index (χ0v) is 11.7. The van der Waals surface area contributed by atoms with Gasteiger partial charge in [-0.15, -0.1) is 0 Å². The topological polar surface area (TPSA) is 75.2 Å². The predicted octanol–water partition coefficient (Wildman–Crippen LogP) is 1.81. The summed E-state index contributed by atoms with van der Waals surface area (Å²) in [6.45, 7) is 4.76. The summed E-state index contributed by atoms with van der Waals surface area (Å²) in [5.74, 6) is 0.783. The molecule has 1 saturated heterocycles. The largest absolute Gasteiger partial charge is 0.383 e. The van der Waals surface area contributed by atoms with Gasteiger partial charge in [0.15, 0.2) is 5.13 Å². The monoisotopic (exact) mass is 268 g/mol. The highest BCUT2D eigenvalue weighted by Crippen LogP contribution is 2.29. The second-order valence-electron chi connectivity index (χ2n) is 4.81. The molecule has 0 spiro atoms. The minimum absolute atomic E-state index is 0.0795. The highest BCUT2D eigenvalue weighted by molar-refractivity contribution is 7.17. The molecule has 1 fully saturated rings. The van der Waals surface area contributed by atoms with Gasteiger partial charge in [-0.05, 0) is 18.8 Å². The van der Waals surface area contributed by atoms with Crippen LogP contribution in [0.25, 0.3) is 0 Å². The van der Waals surface area contributed by atoms with Gasteiger partial charge in [-0.1, -0.05) is 18.3 Å². The van der Waals surface area contributed by atoms with Crippen molar-refractivity contribution in [3.8, 4) is 0 Å². The van der Waals surface area contributed by atoms with Gasteiger partial charge in [-0.3, -0.25) is 5.41 Å². The first-order chi connectivity index (χ1) is 8.61. The molecule has 0 bridgehead atoms. The summed E-state index contributed by atoms with van der Waals surface area (Å²) in [7, 11) is 1.63. The van der Waals surface area contributed by atoms with Crippen LogP contribution < -0.4 is 10.6 Å². The van der Waals surface area contributed by atoms with Gasteiger partial charge in [-0.2, -0.15) is 0 Å². The highest BCUT2D eigenvalue weighted by Gasteiger charge is 2.22. The van der Waals surface area contributed by atoms with Gasteiger partial charge < -0.3 is 15.4 Å². The van der Waals surface area contributed by atoms with E-state index in [0.717, 1.165) is 28.8 Å². The average Bonchev–Trinajstić information content (AvgIpc) is 2.74. The van der Waals surface area contributed by atoms with E-state index in [1.807, 2.05) is 0 Å². The number of aromatic nitrogens is 1. The molecule has 3 N–H and O–H groups in total. The number of nitrogen functional groups attached to an aromatic ring is 1. The lowest BCUT2D eigenvalue weighted by Crippen LogP contribution is -2.34. The molecule has 1 aliphatic heterocycles. The third-order valence-electron chi connectivity index (χ3n) is 3.14. The number of hydrogen-bond donors (Lipinski definition) is 2. The molecule has 1 atom stereocenters. The van der Waals surface area contributed by atoms with Crippen molar-refractivity contribution in [2.24, 2.45) is 11.7 Å². The standard InChI is InChI=1S/C12H20N4OS/c1-8-4-3-5-16(6-8)12-15-9(7-17-2)10(18-12)11(13)14/h8H,3-7H2,1-2H3,(H3,13,14). The normalized spacial score (nSPS) is 20.1. The Labute approximate surface area is 111 Å². The van der Waals surface area contributed by atoms with E-state index < -0.39 is 0 Å². The number of nitrogens with two attached hydrogens (primary N) is 1. The summed E-state index contributed by atoms with van der Waals surface area (Å²) < 4.78 is 5.11. The summed E-state index contributed by atoms with van der Waals surface area (Å²) in [5, 5.41) is 8.57. The van der Waals surface area contributed by atoms with Crippen molar-refractivity contribution in [3.05, 3.63) is 10.6 Å². The van der Waals surface area contributed by atoms with Crippen molar-refractivity contribution in [3.63, 3.8) is 0 Å². The Morgan fingerprint density at radius 1 is 1.67 bits per heavy atom. The molecule has 2 rings (SSSR count). The summed E-state index contributed by atoms with van der Waals surface area (Å²) in [6.07, 6.45) is 2.49. The summed E-state index contributed by atoms with van der Waals surface area (Å²) in [5.41, 5.74) is 6.38. The van der Waals surface area contributed by atoms with Crippen LogP contribution >= 0.6 is 11.3 Å². The molecule has 0 aliphatic carbocycles. The SMILES string of the molecule is COCc1nc(N2CCCC(C)C2)sc1C(=N)N.